The highest BCUT2D eigenvalue weighted by Gasteiger charge is 2.66. The lowest BCUT2D eigenvalue weighted by molar-refractivity contribution is -0.390. The molecule has 0 aromatic rings. The van der Waals surface area contributed by atoms with Gasteiger partial charge in [-0.3, -0.25) is 4.79 Å². The number of hydrogen-bond acceptors (Lipinski definition) is 4. The van der Waals surface area contributed by atoms with Crippen molar-refractivity contribution in [3.05, 3.63) is 0 Å². The fourth-order valence-electron chi connectivity index (χ4n) is 7.78. The highest BCUT2D eigenvalue weighted by Crippen LogP contribution is 2.64. The Hall–Kier alpha value is -0.450. The molecule has 6 saturated carbocycles. The van der Waals surface area contributed by atoms with E-state index in [1.165, 1.54) is 44.9 Å². The Bertz CT molecular complexity index is 553. The zero-order valence-electron chi connectivity index (χ0n) is 15.8. The lowest BCUT2D eigenvalue weighted by Gasteiger charge is -2.57. The summed E-state index contributed by atoms with van der Waals surface area (Å²) in [6, 6.07) is 0. The smallest absolute Gasteiger partial charge is 0.210 e. The van der Waals surface area contributed by atoms with Crippen LogP contribution in [0, 0.1) is 35.5 Å². The third-order valence-corrected chi connectivity index (χ3v) is 8.99. The normalized spacial score (nSPS) is 53.8. The summed E-state index contributed by atoms with van der Waals surface area (Å²) in [7, 11) is 0. The molecule has 1 saturated heterocycles. The molecule has 1 heterocycles. The molecule has 4 bridgehead atoms. The van der Waals surface area contributed by atoms with Gasteiger partial charge in [-0.25, -0.2) is 0 Å². The molecule has 0 radical (unpaired) electrons. The van der Waals surface area contributed by atoms with Crippen LogP contribution >= 0.6 is 0 Å². The average Bonchev–Trinajstić information content (AvgIpc) is 3.01. The molecule has 144 valence electrons. The molecule has 0 N–H and O–H groups in total. The quantitative estimate of drug-likeness (QED) is 0.632. The number of carbonyl (C=O) groups is 1. The maximum Gasteiger partial charge on any atom is 0.210 e. The number of hydrogen-bond donors (Lipinski definition) is 0. The van der Waals surface area contributed by atoms with E-state index >= 15 is 0 Å². The molecule has 4 nitrogen and oxygen atoms in total. The van der Waals surface area contributed by atoms with Crippen molar-refractivity contribution in [1.82, 2.24) is 0 Å². The number of rotatable bonds is 1. The van der Waals surface area contributed by atoms with Crippen molar-refractivity contribution < 1.29 is 19.3 Å². The number of ketones is 1. The van der Waals surface area contributed by atoms with Crippen molar-refractivity contribution in [3.63, 3.8) is 0 Å². The van der Waals surface area contributed by atoms with E-state index in [4.69, 9.17) is 14.5 Å². The van der Waals surface area contributed by atoms with Crippen LogP contribution in [0.3, 0.4) is 0 Å². The third-order valence-electron chi connectivity index (χ3n) is 8.99. The fraction of sp³-hybridized carbons (Fsp3) is 0.955. The third kappa shape index (κ3) is 2.41. The molecule has 0 aromatic heterocycles. The first-order valence-corrected chi connectivity index (χ1v) is 11.2. The second-order valence-electron chi connectivity index (χ2n) is 10.4. The predicted molar refractivity (Wildman–Crippen MR) is 94.7 cm³/mol. The minimum atomic E-state index is -0.476. The van der Waals surface area contributed by atoms with Crippen molar-refractivity contribution in [2.24, 2.45) is 35.5 Å². The van der Waals surface area contributed by atoms with Gasteiger partial charge in [0.25, 0.3) is 0 Å². The summed E-state index contributed by atoms with van der Waals surface area (Å²) in [6.45, 7) is 0. The van der Waals surface area contributed by atoms with Crippen molar-refractivity contribution in [3.8, 4) is 0 Å². The molecule has 4 heteroatoms. The van der Waals surface area contributed by atoms with Crippen LogP contribution in [0.2, 0.25) is 0 Å². The minimum Gasteiger partial charge on any atom is -0.312 e. The lowest BCUT2D eigenvalue weighted by atomic mass is 9.53. The molecule has 2 spiro atoms. The van der Waals surface area contributed by atoms with E-state index in [2.05, 4.69) is 0 Å². The molecular weight excluding hydrogens is 328 g/mol. The van der Waals surface area contributed by atoms with Gasteiger partial charge < -0.3 is 4.74 Å². The van der Waals surface area contributed by atoms with E-state index in [-0.39, 0.29) is 0 Å². The Kier molecular flexibility index (Phi) is 3.67. The van der Waals surface area contributed by atoms with E-state index in [1.54, 1.807) is 0 Å². The lowest BCUT2D eigenvalue weighted by Crippen LogP contribution is -2.59. The van der Waals surface area contributed by atoms with E-state index in [1.807, 2.05) is 0 Å². The fourth-order valence-corrected chi connectivity index (χ4v) is 7.78. The molecule has 0 unspecified atom stereocenters. The Morgan fingerprint density at radius 2 is 1.31 bits per heavy atom. The van der Waals surface area contributed by atoms with E-state index in [0.717, 1.165) is 62.2 Å². The molecule has 7 aliphatic rings. The van der Waals surface area contributed by atoms with Gasteiger partial charge >= 0.3 is 0 Å². The molecule has 0 amide bonds. The Morgan fingerprint density at radius 1 is 0.731 bits per heavy atom. The van der Waals surface area contributed by atoms with Crippen LogP contribution in [-0.4, -0.2) is 17.4 Å². The maximum atomic E-state index is 11.5. The summed E-state index contributed by atoms with van der Waals surface area (Å²) < 4.78 is 6.81. The van der Waals surface area contributed by atoms with Gasteiger partial charge in [0, 0.05) is 37.5 Å². The van der Waals surface area contributed by atoms with Gasteiger partial charge in [-0.1, -0.05) is 0 Å². The topological polar surface area (TPSA) is 44.8 Å². The second kappa shape index (κ2) is 5.78. The van der Waals surface area contributed by atoms with Crippen molar-refractivity contribution in [2.75, 3.05) is 0 Å². The van der Waals surface area contributed by atoms with Gasteiger partial charge in [-0.15, -0.1) is 0 Å². The van der Waals surface area contributed by atoms with Gasteiger partial charge in [0.15, 0.2) is 0 Å². The van der Waals surface area contributed by atoms with Gasteiger partial charge in [0.05, 0.1) is 0 Å². The van der Waals surface area contributed by atoms with Crippen LogP contribution in [0.5, 0.6) is 0 Å². The van der Waals surface area contributed by atoms with Crippen LogP contribution < -0.4 is 0 Å². The molecule has 6 aliphatic carbocycles. The second-order valence-corrected chi connectivity index (χ2v) is 10.4. The summed E-state index contributed by atoms with van der Waals surface area (Å²) in [4.78, 5) is 23.7. The largest absolute Gasteiger partial charge is 0.312 e. The van der Waals surface area contributed by atoms with Crippen LogP contribution in [0.4, 0.5) is 0 Å². The summed E-state index contributed by atoms with van der Waals surface area (Å²) in [5.74, 6) is 3.99. The van der Waals surface area contributed by atoms with Crippen LogP contribution in [0.15, 0.2) is 0 Å². The molecule has 7 rings (SSSR count). The standard InChI is InChI=1S/C22H32O4/c23-20-3-1-16(2-4-20)17-5-7-21(8-6-17)24-22(26-25-21)18-10-14-9-15(12-18)13-19(22)11-14/h14-19H,1-13H2. The number of Topliss-reactive ketones (excluding diaryl/α,β-unsaturated/α-hetero) is 1. The maximum absolute atomic E-state index is 11.5. The summed E-state index contributed by atoms with van der Waals surface area (Å²) in [6.07, 6.45) is 14.7. The van der Waals surface area contributed by atoms with E-state index in [9.17, 15) is 4.79 Å². The first-order chi connectivity index (χ1) is 12.6. The van der Waals surface area contributed by atoms with Crippen molar-refractivity contribution >= 4 is 5.78 Å². The average molecular weight is 360 g/mol. The van der Waals surface area contributed by atoms with Gasteiger partial charge in [-0.2, -0.15) is 9.78 Å². The SMILES string of the molecule is O=C1CCC(C2CCC3(CC2)OOC2(O3)C3CC4CC(C3)CC2C4)CC1. The molecule has 26 heavy (non-hydrogen) atoms. The predicted octanol–water partition coefficient (Wildman–Crippen LogP) is 4.76. The zero-order chi connectivity index (χ0) is 17.4. The van der Waals surface area contributed by atoms with Crippen LogP contribution in [0.1, 0.15) is 83.5 Å². The Morgan fingerprint density at radius 3 is 1.92 bits per heavy atom. The molecule has 7 fully saturated rings. The van der Waals surface area contributed by atoms with Crippen LogP contribution in [-0.2, 0) is 19.3 Å². The van der Waals surface area contributed by atoms with Gasteiger partial charge in [0.2, 0.25) is 11.6 Å². The summed E-state index contributed by atoms with van der Waals surface area (Å²) in [5, 5.41) is 0. The first-order valence-electron chi connectivity index (χ1n) is 11.2. The van der Waals surface area contributed by atoms with Crippen LogP contribution in [0.25, 0.3) is 0 Å². The van der Waals surface area contributed by atoms with E-state index < -0.39 is 11.6 Å². The Labute approximate surface area is 156 Å². The highest BCUT2D eigenvalue weighted by molar-refractivity contribution is 5.79. The van der Waals surface area contributed by atoms with Crippen molar-refractivity contribution in [2.45, 2.75) is 95.0 Å². The van der Waals surface area contributed by atoms with Gasteiger partial charge in [0.1, 0.15) is 5.78 Å². The number of ether oxygens (including phenoxy) is 1. The molecule has 0 atom stereocenters. The van der Waals surface area contributed by atoms with E-state index in [0.29, 0.717) is 17.6 Å². The minimum absolute atomic E-state index is 0.419. The molecule has 0 aromatic carbocycles. The molecule has 1 aliphatic heterocycles. The summed E-state index contributed by atoms with van der Waals surface area (Å²) in [5.41, 5.74) is 0. The summed E-state index contributed by atoms with van der Waals surface area (Å²) >= 11 is 0. The highest BCUT2D eigenvalue weighted by atomic mass is 17.3. The van der Waals surface area contributed by atoms with Crippen molar-refractivity contribution in [1.29, 1.82) is 0 Å². The monoisotopic (exact) mass is 360 g/mol. The van der Waals surface area contributed by atoms with Gasteiger partial charge in [-0.05, 0) is 81.5 Å². The number of carbonyl (C=O) groups excluding carboxylic acids is 1. The first kappa shape index (κ1) is 16.5. The zero-order valence-corrected chi connectivity index (χ0v) is 15.8. The molecular formula is C22H32O4. The Balaban J connectivity index is 1.13.